The van der Waals surface area contributed by atoms with Crippen molar-refractivity contribution in [1.29, 1.82) is 0 Å². The Morgan fingerprint density at radius 1 is 1.07 bits per heavy atom. The first-order valence-corrected chi connectivity index (χ1v) is 9.54. The lowest BCUT2D eigenvalue weighted by atomic mass is 9.88. The highest BCUT2D eigenvalue weighted by atomic mass is 16.6. The summed E-state index contributed by atoms with van der Waals surface area (Å²) >= 11 is 0. The van der Waals surface area contributed by atoms with E-state index in [9.17, 15) is 9.59 Å². The van der Waals surface area contributed by atoms with Gasteiger partial charge in [-0.3, -0.25) is 9.69 Å². The normalized spacial score (nSPS) is 14.9. The highest BCUT2D eigenvalue weighted by Crippen LogP contribution is 2.28. The molecule has 5 heteroatoms. The standard InChI is InChI=1S/C22H26N2O3/c1-3-16(4-2)20(17-8-6-5-7-9-17)23-21(25)18-10-12-19(13-11-18)24-14-15-27-22(24)26/h5-13,16,20H,3-4,14-15H2,1-2H3,(H,23,25). The van der Waals surface area contributed by atoms with E-state index in [2.05, 4.69) is 31.3 Å². The number of nitrogens with zero attached hydrogens (tertiary/aromatic N) is 1. The summed E-state index contributed by atoms with van der Waals surface area (Å²) in [4.78, 5) is 26.1. The number of cyclic esters (lactones) is 1. The van der Waals surface area contributed by atoms with Crippen LogP contribution in [0.5, 0.6) is 0 Å². The topological polar surface area (TPSA) is 58.6 Å². The molecule has 0 aliphatic carbocycles. The lowest BCUT2D eigenvalue weighted by molar-refractivity contribution is 0.0919. The molecular formula is C22H26N2O3. The van der Waals surface area contributed by atoms with Crippen molar-refractivity contribution in [2.24, 2.45) is 5.92 Å². The zero-order chi connectivity index (χ0) is 19.2. The summed E-state index contributed by atoms with van der Waals surface area (Å²) in [7, 11) is 0. The molecule has 1 unspecified atom stereocenters. The smallest absolute Gasteiger partial charge is 0.414 e. The van der Waals surface area contributed by atoms with Crippen molar-refractivity contribution in [1.82, 2.24) is 5.32 Å². The number of anilines is 1. The largest absolute Gasteiger partial charge is 0.447 e. The number of hydrogen-bond donors (Lipinski definition) is 1. The second kappa shape index (κ2) is 8.71. The van der Waals surface area contributed by atoms with Crippen LogP contribution in [0, 0.1) is 5.92 Å². The first-order valence-electron chi connectivity index (χ1n) is 9.54. The number of amides is 2. The number of carbonyl (C=O) groups excluding carboxylic acids is 2. The maximum Gasteiger partial charge on any atom is 0.414 e. The SMILES string of the molecule is CCC(CC)C(NC(=O)c1ccc(N2CCOC2=O)cc1)c1ccccc1. The van der Waals surface area contributed by atoms with E-state index in [1.807, 2.05) is 18.2 Å². The van der Waals surface area contributed by atoms with Crippen molar-refractivity contribution < 1.29 is 14.3 Å². The van der Waals surface area contributed by atoms with Crippen LogP contribution in [0.2, 0.25) is 0 Å². The van der Waals surface area contributed by atoms with Crippen LogP contribution in [0.1, 0.15) is 48.7 Å². The van der Waals surface area contributed by atoms with E-state index < -0.39 is 0 Å². The molecule has 0 saturated carbocycles. The Balaban J connectivity index is 1.76. The van der Waals surface area contributed by atoms with Gasteiger partial charge in [0.1, 0.15) is 6.61 Å². The predicted molar refractivity (Wildman–Crippen MR) is 106 cm³/mol. The Bertz CT molecular complexity index is 770. The Hall–Kier alpha value is -2.82. The summed E-state index contributed by atoms with van der Waals surface area (Å²) in [5.41, 5.74) is 2.45. The molecule has 5 nitrogen and oxygen atoms in total. The van der Waals surface area contributed by atoms with Crippen LogP contribution >= 0.6 is 0 Å². The molecule has 3 rings (SSSR count). The fourth-order valence-corrected chi connectivity index (χ4v) is 3.54. The Morgan fingerprint density at radius 3 is 2.30 bits per heavy atom. The highest BCUT2D eigenvalue weighted by Gasteiger charge is 2.25. The lowest BCUT2D eigenvalue weighted by Gasteiger charge is -2.27. The molecule has 1 aliphatic rings. The molecule has 2 aromatic carbocycles. The number of hydrogen-bond acceptors (Lipinski definition) is 3. The first kappa shape index (κ1) is 19.0. The molecule has 1 N–H and O–H groups in total. The Morgan fingerprint density at radius 2 is 1.74 bits per heavy atom. The molecule has 0 spiro atoms. The van der Waals surface area contributed by atoms with E-state index in [1.54, 1.807) is 29.2 Å². The van der Waals surface area contributed by atoms with Gasteiger partial charge in [-0.2, -0.15) is 0 Å². The fourth-order valence-electron chi connectivity index (χ4n) is 3.54. The number of ether oxygens (including phenoxy) is 1. The van der Waals surface area contributed by atoms with E-state index in [-0.39, 0.29) is 18.0 Å². The third-order valence-electron chi connectivity index (χ3n) is 5.17. The third kappa shape index (κ3) is 4.30. The minimum Gasteiger partial charge on any atom is -0.447 e. The molecule has 2 aromatic rings. The summed E-state index contributed by atoms with van der Waals surface area (Å²) in [6.07, 6.45) is 1.64. The lowest BCUT2D eigenvalue weighted by Crippen LogP contribution is -2.33. The van der Waals surface area contributed by atoms with Gasteiger partial charge in [-0.05, 0) is 35.7 Å². The molecule has 142 valence electrons. The molecule has 0 radical (unpaired) electrons. The molecule has 0 bridgehead atoms. The molecule has 1 saturated heterocycles. The predicted octanol–water partition coefficient (Wildman–Crippen LogP) is 4.55. The average Bonchev–Trinajstić information content (AvgIpc) is 3.14. The van der Waals surface area contributed by atoms with Gasteiger partial charge in [-0.1, -0.05) is 57.0 Å². The van der Waals surface area contributed by atoms with Crippen LogP contribution in [-0.2, 0) is 4.74 Å². The second-order valence-electron chi connectivity index (χ2n) is 6.75. The van der Waals surface area contributed by atoms with Crippen molar-refractivity contribution in [2.45, 2.75) is 32.7 Å². The van der Waals surface area contributed by atoms with Gasteiger partial charge in [0, 0.05) is 11.3 Å². The quantitative estimate of drug-likeness (QED) is 0.782. The van der Waals surface area contributed by atoms with Gasteiger partial charge >= 0.3 is 6.09 Å². The molecular weight excluding hydrogens is 340 g/mol. The van der Waals surface area contributed by atoms with Gasteiger partial charge in [0.15, 0.2) is 0 Å². The van der Waals surface area contributed by atoms with Gasteiger partial charge in [-0.25, -0.2) is 4.79 Å². The summed E-state index contributed by atoms with van der Waals surface area (Å²) in [5, 5.41) is 3.21. The maximum atomic E-state index is 12.8. The van der Waals surface area contributed by atoms with Crippen molar-refractivity contribution >= 4 is 17.7 Å². The summed E-state index contributed by atoms with van der Waals surface area (Å²) in [5.74, 6) is 0.265. The number of benzene rings is 2. The van der Waals surface area contributed by atoms with Crippen LogP contribution < -0.4 is 10.2 Å². The van der Waals surface area contributed by atoms with E-state index in [0.717, 1.165) is 24.1 Å². The minimum atomic E-state index is -0.343. The molecule has 1 aliphatic heterocycles. The van der Waals surface area contributed by atoms with Crippen LogP contribution in [-0.4, -0.2) is 25.2 Å². The first-order chi connectivity index (χ1) is 13.1. The van der Waals surface area contributed by atoms with Crippen LogP contribution in [0.15, 0.2) is 54.6 Å². The number of carbonyl (C=O) groups is 2. The van der Waals surface area contributed by atoms with Gasteiger partial charge < -0.3 is 10.1 Å². The van der Waals surface area contributed by atoms with E-state index in [4.69, 9.17) is 4.74 Å². The molecule has 1 atom stereocenters. The zero-order valence-electron chi connectivity index (χ0n) is 15.9. The Kier molecular flexibility index (Phi) is 6.12. The minimum absolute atomic E-state index is 0.0260. The molecule has 2 amide bonds. The van der Waals surface area contributed by atoms with Crippen molar-refractivity contribution in [3.8, 4) is 0 Å². The molecule has 1 heterocycles. The van der Waals surface area contributed by atoms with Gasteiger partial charge in [0.25, 0.3) is 5.91 Å². The van der Waals surface area contributed by atoms with E-state index >= 15 is 0 Å². The van der Waals surface area contributed by atoms with Gasteiger partial charge in [0.2, 0.25) is 0 Å². The average molecular weight is 366 g/mol. The summed E-state index contributed by atoms with van der Waals surface area (Å²) in [6, 6.07) is 17.2. The fraction of sp³-hybridized carbons (Fsp3) is 0.364. The van der Waals surface area contributed by atoms with Crippen LogP contribution in [0.3, 0.4) is 0 Å². The van der Waals surface area contributed by atoms with Gasteiger partial charge in [-0.15, -0.1) is 0 Å². The summed E-state index contributed by atoms with van der Waals surface area (Å²) < 4.78 is 4.96. The van der Waals surface area contributed by atoms with Crippen molar-refractivity contribution in [3.63, 3.8) is 0 Å². The van der Waals surface area contributed by atoms with Crippen LogP contribution in [0.25, 0.3) is 0 Å². The van der Waals surface area contributed by atoms with E-state index in [0.29, 0.717) is 24.6 Å². The van der Waals surface area contributed by atoms with Crippen molar-refractivity contribution in [3.05, 3.63) is 65.7 Å². The number of nitrogens with one attached hydrogen (secondary N) is 1. The molecule has 1 fully saturated rings. The molecule has 0 aromatic heterocycles. The molecule has 27 heavy (non-hydrogen) atoms. The maximum absolute atomic E-state index is 12.8. The summed E-state index contributed by atoms with van der Waals surface area (Å²) in [6.45, 7) is 5.24. The zero-order valence-corrected chi connectivity index (χ0v) is 15.9. The van der Waals surface area contributed by atoms with E-state index in [1.165, 1.54) is 0 Å². The van der Waals surface area contributed by atoms with Crippen molar-refractivity contribution in [2.75, 3.05) is 18.1 Å². The Labute approximate surface area is 160 Å². The second-order valence-corrected chi connectivity index (χ2v) is 6.75. The number of rotatable bonds is 7. The third-order valence-corrected chi connectivity index (χ3v) is 5.17. The highest BCUT2D eigenvalue weighted by molar-refractivity contribution is 5.96. The van der Waals surface area contributed by atoms with Crippen LogP contribution in [0.4, 0.5) is 10.5 Å². The monoisotopic (exact) mass is 366 g/mol. The van der Waals surface area contributed by atoms with Gasteiger partial charge in [0.05, 0.1) is 12.6 Å².